The molecule has 0 bridgehead atoms. The first-order valence-corrected chi connectivity index (χ1v) is 7.19. The molecule has 4 nitrogen and oxygen atoms in total. The molecular weight excluding hydrogens is 253 g/mol. The zero-order valence-corrected chi connectivity index (χ0v) is 12.6. The van der Waals surface area contributed by atoms with Crippen LogP contribution in [0.1, 0.15) is 39.2 Å². The highest BCUT2D eigenvalue weighted by molar-refractivity contribution is 6.62. The molecule has 2 aliphatic heterocycles. The van der Waals surface area contributed by atoms with Crippen LogP contribution in [0.5, 0.6) is 5.75 Å². The van der Waals surface area contributed by atoms with Gasteiger partial charge in [0.15, 0.2) is 0 Å². The maximum absolute atomic E-state index is 9.80. The van der Waals surface area contributed by atoms with E-state index in [9.17, 15) is 5.11 Å². The molecule has 0 saturated carbocycles. The van der Waals surface area contributed by atoms with Gasteiger partial charge >= 0.3 is 7.12 Å². The van der Waals surface area contributed by atoms with Crippen molar-refractivity contribution in [3.05, 3.63) is 23.8 Å². The van der Waals surface area contributed by atoms with E-state index >= 15 is 0 Å². The first-order valence-electron chi connectivity index (χ1n) is 7.19. The SMILES string of the molecule is CC1(C)OB(c2cc(O)ccc2C2CNC2)OC1(C)C. The molecule has 3 rings (SSSR count). The molecule has 0 unspecified atom stereocenters. The summed E-state index contributed by atoms with van der Waals surface area (Å²) in [6.07, 6.45) is 0. The van der Waals surface area contributed by atoms with Crippen LogP contribution in [0, 0.1) is 0 Å². The Bertz CT molecular complexity index is 510. The van der Waals surface area contributed by atoms with E-state index in [1.54, 1.807) is 12.1 Å². The summed E-state index contributed by atoms with van der Waals surface area (Å²) in [5.74, 6) is 0.732. The maximum atomic E-state index is 9.80. The van der Waals surface area contributed by atoms with Gasteiger partial charge in [-0.25, -0.2) is 0 Å². The molecule has 0 aromatic heterocycles. The number of aromatic hydroxyl groups is 1. The van der Waals surface area contributed by atoms with Crippen LogP contribution in [0.15, 0.2) is 18.2 Å². The van der Waals surface area contributed by atoms with Gasteiger partial charge < -0.3 is 19.7 Å². The van der Waals surface area contributed by atoms with Crippen LogP contribution in [0.3, 0.4) is 0 Å². The summed E-state index contributed by atoms with van der Waals surface area (Å²) in [4.78, 5) is 0. The van der Waals surface area contributed by atoms with E-state index in [0.717, 1.165) is 18.6 Å². The van der Waals surface area contributed by atoms with Crippen molar-refractivity contribution in [1.29, 1.82) is 0 Å². The van der Waals surface area contributed by atoms with Gasteiger partial charge in [-0.3, -0.25) is 0 Å². The number of hydrogen-bond acceptors (Lipinski definition) is 4. The molecular formula is C15H22BNO3. The van der Waals surface area contributed by atoms with Crippen molar-refractivity contribution >= 4 is 12.6 Å². The number of phenols is 1. The number of phenolic OH excluding ortho intramolecular Hbond substituents is 1. The van der Waals surface area contributed by atoms with Gasteiger partial charge in [0.1, 0.15) is 5.75 Å². The molecule has 1 aromatic carbocycles. The minimum atomic E-state index is -0.414. The van der Waals surface area contributed by atoms with Crippen LogP contribution in [-0.4, -0.2) is 36.5 Å². The topological polar surface area (TPSA) is 50.7 Å². The van der Waals surface area contributed by atoms with Gasteiger partial charge in [0, 0.05) is 19.0 Å². The molecule has 2 fully saturated rings. The third-order valence-electron chi connectivity index (χ3n) is 4.80. The number of rotatable bonds is 2. The number of hydrogen-bond donors (Lipinski definition) is 2. The van der Waals surface area contributed by atoms with E-state index in [1.807, 2.05) is 33.8 Å². The third kappa shape index (κ3) is 2.14. The van der Waals surface area contributed by atoms with Crippen LogP contribution in [0.25, 0.3) is 0 Å². The van der Waals surface area contributed by atoms with E-state index in [1.165, 1.54) is 5.56 Å². The lowest BCUT2D eigenvalue weighted by Crippen LogP contribution is -2.45. The molecule has 0 atom stereocenters. The van der Waals surface area contributed by atoms with Crippen molar-refractivity contribution in [2.45, 2.75) is 44.8 Å². The van der Waals surface area contributed by atoms with E-state index in [0.29, 0.717) is 5.92 Å². The summed E-state index contributed by atoms with van der Waals surface area (Å²) >= 11 is 0. The van der Waals surface area contributed by atoms with Crippen molar-refractivity contribution in [3.63, 3.8) is 0 Å². The number of benzene rings is 1. The third-order valence-corrected chi connectivity index (χ3v) is 4.80. The quantitative estimate of drug-likeness (QED) is 0.801. The van der Waals surface area contributed by atoms with Crippen molar-refractivity contribution in [2.75, 3.05) is 13.1 Å². The fourth-order valence-electron chi connectivity index (χ4n) is 2.62. The molecule has 0 aliphatic carbocycles. The summed E-state index contributed by atoms with van der Waals surface area (Å²) in [5.41, 5.74) is 1.44. The van der Waals surface area contributed by atoms with E-state index < -0.39 is 7.12 Å². The van der Waals surface area contributed by atoms with Gasteiger partial charge in [-0.05, 0) is 50.9 Å². The van der Waals surface area contributed by atoms with Gasteiger partial charge in [-0.1, -0.05) is 6.07 Å². The van der Waals surface area contributed by atoms with E-state index in [4.69, 9.17) is 9.31 Å². The fraction of sp³-hybridized carbons (Fsp3) is 0.600. The lowest BCUT2D eigenvalue weighted by molar-refractivity contribution is 0.00578. The largest absolute Gasteiger partial charge is 0.508 e. The van der Waals surface area contributed by atoms with Crippen LogP contribution in [0.4, 0.5) is 0 Å². The fourth-order valence-corrected chi connectivity index (χ4v) is 2.62. The number of nitrogens with one attached hydrogen (secondary N) is 1. The zero-order chi connectivity index (χ0) is 14.5. The molecule has 5 heteroatoms. The Morgan fingerprint density at radius 3 is 2.25 bits per heavy atom. The molecule has 0 amide bonds. The minimum absolute atomic E-state index is 0.255. The Labute approximate surface area is 120 Å². The highest BCUT2D eigenvalue weighted by Gasteiger charge is 2.52. The summed E-state index contributed by atoms with van der Waals surface area (Å²) in [7, 11) is -0.414. The standard InChI is InChI=1S/C15H22BNO3/c1-14(2)15(3,4)20-16(19-14)13-7-11(18)5-6-12(13)10-8-17-9-10/h5-7,10,17-18H,8-9H2,1-4H3. The predicted octanol–water partition coefficient (Wildman–Crippen LogP) is 1.38. The Morgan fingerprint density at radius 2 is 1.75 bits per heavy atom. The lowest BCUT2D eigenvalue weighted by atomic mass is 9.72. The summed E-state index contributed by atoms with van der Waals surface area (Å²) in [5, 5.41) is 13.1. The predicted molar refractivity (Wildman–Crippen MR) is 79.4 cm³/mol. The van der Waals surface area contributed by atoms with E-state index in [-0.39, 0.29) is 17.0 Å². The highest BCUT2D eigenvalue weighted by atomic mass is 16.7. The molecule has 1 aromatic rings. The molecule has 108 valence electrons. The van der Waals surface area contributed by atoms with Crippen molar-refractivity contribution in [1.82, 2.24) is 5.32 Å². The molecule has 2 saturated heterocycles. The Kier molecular flexibility index (Phi) is 3.12. The van der Waals surface area contributed by atoms with Gasteiger partial charge in [-0.15, -0.1) is 0 Å². The van der Waals surface area contributed by atoms with Crippen molar-refractivity contribution in [3.8, 4) is 5.75 Å². The Morgan fingerprint density at radius 1 is 1.15 bits per heavy atom. The van der Waals surface area contributed by atoms with Crippen LogP contribution >= 0.6 is 0 Å². The zero-order valence-electron chi connectivity index (χ0n) is 12.6. The highest BCUT2D eigenvalue weighted by Crippen LogP contribution is 2.37. The van der Waals surface area contributed by atoms with Gasteiger partial charge in [0.25, 0.3) is 0 Å². The Balaban J connectivity index is 1.96. The lowest BCUT2D eigenvalue weighted by Gasteiger charge is -2.32. The van der Waals surface area contributed by atoms with Crippen LogP contribution < -0.4 is 10.8 Å². The second-order valence-corrected chi connectivity index (χ2v) is 6.76. The van der Waals surface area contributed by atoms with Gasteiger partial charge in [0.05, 0.1) is 11.2 Å². The van der Waals surface area contributed by atoms with Gasteiger partial charge in [-0.2, -0.15) is 0 Å². The van der Waals surface area contributed by atoms with Crippen molar-refractivity contribution in [2.24, 2.45) is 0 Å². The van der Waals surface area contributed by atoms with Crippen LogP contribution in [0.2, 0.25) is 0 Å². The summed E-state index contributed by atoms with van der Waals surface area (Å²) < 4.78 is 12.2. The minimum Gasteiger partial charge on any atom is -0.508 e. The second-order valence-electron chi connectivity index (χ2n) is 6.76. The van der Waals surface area contributed by atoms with Gasteiger partial charge in [0.2, 0.25) is 0 Å². The van der Waals surface area contributed by atoms with Crippen molar-refractivity contribution < 1.29 is 14.4 Å². The van der Waals surface area contributed by atoms with Crippen LogP contribution in [-0.2, 0) is 9.31 Å². The average molecular weight is 275 g/mol. The van der Waals surface area contributed by atoms with E-state index in [2.05, 4.69) is 5.32 Å². The molecule has 2 heterocycles. The molecule has 2 N–H and O–H groups in total. The summed E-state index contributed by atoms with van der Waals surface area (Å²) in [6.45, 7) is 10.1. The first kappa shape index (κ1) is 13.9. The first-order chi connectivity index (χ1) is 9.30. The summed E-state index contributed by atoms with van der Waals surface area (Å²) in [6, 6.07) is 5.50. The maximum Gasteiger partial charge on any atom is 0.495 e. The average Bonchev–Trinajstić information content (AvgIpc) is 2.48. The second kappa shape index (κ2) is 4.48. The molecule has 0 spiro atoms. The monoisotopic (exact) mass is 275 g/mol. The molecule has 20 heavy (non-hydrogen) atoms. The molecule has 0 radical (unpaired) electrons. The normalized spacial score (nSPS) is 24.7. The molecule has 2 aliphatic rings. The Hall–Kier alpha value is -1.04. The smallest absolute Gasteiger partial charge is 0.495 e.